The minimum atomic E-state index is 0.484. The van der Waals surface area contributed by atoms with Gasteiger partial charge in [0.2, 0.25) is 0 Å². The van der Waals surface area contributed by atoms with E-state index in [1.165, 1.54) is 18.4 Å². The molecule has 0 N–H and O–H groups in total. The van der Waals surface area contributed by atoms with Gasteiger partial charge in [-0.25, -0.2) is 0 Å². The molecule has 1 atom stereocenters. The fourth-order valence-corrected chi connectivity index (χ4v) is 1.87. The largest absolute Gasteiger partial charge is 0.493 e. The lowest BCUT2D eigenvalue weighted by atomic mass is 9.97. The molecule has 0 bridgehead atoms. The Balaban J connectivity index is 2.71. The summed E-state index contributed by atoms with van der Waals surface area (Å²) in [4.78, 5) is 11.1. The average molecular weight is 248 g/mol. The van der Waals surface area contributed by atoms with E-state index >= 15 is 0 Å². The van der Waals surface area contributed by atoms with Crippen LogP contribution in [0, 0.1) is 0 Å². The van der Waals surface area contributed by atoms with Gasteiger partial charge in [0.15, 0.2) is 6.29 Å². The lowest BCUT2D eigenvalue weighted by Crippen LogP contribution is -2.01. The van der Waals surface area contributed by atoms with Crippen LogP contribution in [0.1, 0.15) is 68.3 Å². The number of aldehydes is 1. The van der Waals surface area contributed by atoms with Crippen molar-refractivity contribution in [1.82, 2.24) is 0 Å². The zero-order valence-corrected chi connectivity index (χ0v) is 11.7. The standard InChI is InChI=1S/C16H24O2/c1-4-6-7-10-18-16-9-8-14(13(3)5-2)11-15(16)12-17/h8-9,11-13H,4-7,10H2,1-3H3. The Labute approximate surface area is 110 Å². The van der Waals surface area contributed by atoms with Crippen LogP contribution in [-0.2, 0) is 0 Å². The van der Waals surface area contributed by atoms with E-state index in [9.17, 15) is 4.79 Å². The third-order valence-electron chi connectivity index (χ3n) is 3.35. The number of unbranched alkanes of at least 4 members (excludes halogenated alkanes) is 2. The van der Waals surface area contributed by atoms with Crippen molar-refractivity contribution in [3.05, 3.63) is 29.3 Å². The summed E-state index contributed by atoms with van der Waals surface area (Å²) in [5.74, 6) is 1.20. The van der Waals surface area contributed by atoms with E-state index in [1.807, 2.05) is 12.1 Å². The Morgan fingerprint density at radius 2 is 2.06 bits per heavy atom. The molecule has 1 aromatic carbocycles. The van der Waals surface area contributed by atoms with Crippen molar-refractivity contribution < 1.29 is 9.53 Å². The first-order valence-electron chi connectivity index (χ1n) is 6.94. The molecule has 2 nitrogen and oxygen atoms in total. The Kier molecular flexibility index (Phi) is 6.48. The van der Waals surface area contributed by atoms with Crippen molar-refractivity contribution in [2.75, 3.05) is 6.61 Å². The maximum atomic E-state index is 11.1. The lowest BCUT2D eigenvalue weighted by Gasteiger charge is -2.13. The van der Waals surface area contributed by atoms with E-state index in [0.717, 1.165) is 19.1 Å². The van der Waals surface area contributed by atoms with Crippen LogP contribution in [0.2, 0.25) is 0 Å². The Bertz CT molecular complexity index is 371. The van der Waals surface area contributed by atoms with E-state index in [-0.39, 0.29) is 0 Å². The quantitative estimate of drug-likeness (QED) is 0.497. The van der Waals surface area contributed by atoms with E-state index in [0.29, 0.717) is 23.8 Å². The molecule has 0 aliphatic carbocycles. The number of rotatable bonds is 8. The van der Waals surface area contributed by atoms with Gasteiger partial charge in [-0.2, -0.15) is 0 Å². The molecule has 0 fully saturated rings. The molecule has 0 spiro atoms. The van der Waals surface area contributed by atoms with Gasteiger partial charge in [0.05, 0.1) is 12.2 Å². The number of ether oxygens (including phenoxy) is 1. The second-order valence-corrected chi connectivity index (χ2v) is 4.78. The van der Waals surface area contributed by atoms with Crippen LogP contribution in [0.4, 0.5) is 0 Å². The highest BCUT2D eigenvalue weighted by atomic mass is 16.5. The van der Waals surface area contributed by atoms with Crippen molar-refractivity contribution in [3.8, 4) is 5.75 Å². The Hall–Kier alpha value is -1.31. The third kappa shape index (κ3) is 4.17. The summed E-state index contributed by atoms with van der Waals surface area (Å²) in [6, 6.07) is 5.95. The molecule has 18 heavy (non-hydrogen) atoms. The third-order valence-corrected chi connectivity index (χ3v) is 3.35. The molecule has 1 aromatic rings. The Morgan fingerprint density at radius 3 is 2.67 bits per heavy atom. The van der Waals surface area contributed by atoms with Crippen molar-refractivity contribution in [2.45, 2.75) is 52.4 Å². The summed E-state index contributed by atoms with van der Waals surface area (Å²) in [6.07, 6.45) is 5.36. The molecule has 0 aliphatic heterocycles. The van der Waals surface area contributed by atoms with Crippen molar-refractivity contribution in [3.63, 3.8) is 0 Å². The van der Waals surface area contributed by atoms with Gasteiger partial charge in [0.1, 0.15) is 5.75 Å². The second-order valence-electron chi connectivity index (χ2n) is 4.78. The molecular weight excluding hydrogens is 224 g/mol. The monoisotopic (exact) mass is 248 g/mol. The maximum absolute atomic E-state index is 11.1. The first kappa shape index (κ1) is 14.7. The number of carbonyl (C=O) groups excluding carboxylic acids is 1. The molecule has 0 radical (unpaired) electrons. The highest BCUT2D eigenvalue weighted by Gasteiger charge is 2.08. The van der Waals surface area contributed by atoms with Gasteiger partial charge in [0.25, 0.3) is 0 Å². The SMILES string of the molecule is CCCCCOc1ccc(C(C)CC)cc1C=O. The van der Waals surface area contributed by atoms with Crippen molar-refractivity contribution in [1.29, 1.82) is 0 Å². The molecular formula is C16H24O2. The minimum absolute atomic E-state index is 0.484. The zero-order valence-electron chi connectivity index (χ0n) is 11.7. The zero-order chi connectivity index (χ0) is 13.4. The van der Waals surface area contributed by atoms with E-state index in [2.05, 4.69) is 26.8 Å². The van der Waals surface area contributed by atoms with Crippen molar-refractivity contribution >= 4 is 6.29 Å². The molecule has 0 aliphatic rings. The minimum Gasteiger partial charge on any atom is -0.493 e. The van der Waals surface area contributed by atoms with Gasteiger partial charge in [-0.3, -0.25) is 4.79 Å². The molecule has 0 aromatic heterocycles. The summed E-state index contributed by atoms with van der Waals surface area (Å²) < 4.78 is 5.67. The normalized spacial score (nSPS) is 12.2. The van der Waals surface area contributed by atoms with Gasteiger partial charge >= 0.3 is 0 Å². The number of hydrogen-bond donors (Lipinski definition) is 0. The highest BCUT2D eigenvalue weighted by molar-refractivity contribution is 5.79. The molecule has 0 saturated heterocycles. The Morgan fingerprint density at radius 1 is 1.28 bits per heavy atom. The number of benzene rings is 1. The van der Waals surface area contributed by atoms with Crippen LogP contribution >= 0.6 is 0 Å². The smallest absolute Gasteiger partial charge is 0.153 e. The topological polar surface area (TPSA) is 26.3 Å². The average Bonchev–Trinajstić information content (AvgIpc) is 2.42. The molecule has 2 heteroatoms. The highest BCUT2D eigenvalue weighted by Crippen LogP contribution is 2.25. The van der Waals surface area contributed by atoms with Crippen LogP contribution < -0.4 is 4.74 Å². The molecule has 1 rings (SSSR count). The predicted molar refractivity (Wildman–Crippen MR) is 75.6 cm³/mol. The fraction of sp³-hybridized carbons (Fsp3) is 0.562. The van der Waals surface area contributed by atoms with Gasteiger partial charge < -0.3 is 4.74 Å². The molecule has 0 amide bonds. The van der Waals surface area contributed by atoms with Gasteiger partial charge in [-0.05, 0) is 36.5 Å². The van der Waals surface area contributed by atoms with E-state index in [1.54, 1.807) is 0 Å². The van der Waals surface area contributed by atoms with Gasteiger partial charge in [-0.1, -0.05) is 39.7 Å². The molecule has 100 valence electrons. The predicted octanol–water partition coefficient (Wildman–Crippen LogP) is 4.58. The van der Waals surface area contributed by atoms with E-state index in [4.69, 9.17) is 4.74 Å². The van der Waals surface area contributed by atoms with E-state index < -0.39 is 0 Å². The first-order chi connectivity index (χ1) is 8.72. The maximum Gasteiger partial charge on any atom is 0.153 e. The second kappa shape index (κ2) is 7.91. The van der Waals surface area contributed by atoms with Gasteiger partial charge in [-0.15, -0.1) is 0 Å². The van der Waals surface area contributed by atoms with Crippen molar-refractivity contribution in [2.24, 2.45) is 0 Å². The summed E-state index contributed by atoms with van der Waals surface area (Å²) in [5, 5.41) is 0. The number of carbonyl (C=O) groups is 1. The summed E-state index contributed by atoms with van der Waals surface area (Å²) in [6.45, 7) is 7.18. The molecule has 0 saturated carbocycles. The van der Waals surface area contributed by atoms with Crippen LogP contribution in [0.3, 0.4) is 0 Å². The fourth-order valence-electron chi connectivity index (χ4n) is 1.87. The molecule has 1 unspecified atom stereocenters. The van der Waals surface area contributed by atoms with Crippen LogP contribution in [0.15, 0.2) is 18.2 Å². The molecule has 0 heterocycles. The summed E-state index contributed by atoms with van der Waals surface area (Å²) in [7, 11) is 0. The summed E-state index contributed by atoms with van der Waals surface area (Å²) in [5.41, 5.74) is 1.88. The van der Waals surface area contributed by atoms with Gasteiger partial charge in [0, 0.05) is 0 Å². The van der Waals surface area contributed by atoms with Crippen LogP contribution in [0.25, 0.3) is 0 Å². The first-order valence-corrected chi connectivity index (χ1v) is 6.94. The van der Waals surface area contributed by atoms with Crippen LogP contribution in [0.5, 0.6) is 5.75 Å². The summed E-state index contributed by atoms with van der Waals surface area (Å²) >= 11 is 0. The van der Waals surface area contributed by atoms with Crippen LogP contribution in [-0.4, -0.2) is 12.9 Å². The number of hydrogen-bond acceptors (Lipinski definition) is 2. The lowest BCUT2D eigenvalue weighted by molar-refractivity contribution is 0.111.